The summed E-state index contributed by atoms with van der Waals surface area (Å²) in [6.45, 7) is 1.96. The van der Waals surface area contributed by atoms with Crippen LogP contribution >= 0.6 is 0 Å². The maximum Gasteiger partial charge on any atom is 0.274 e. The number of rotatable bonds is 4. The average molecular weight is 268 g/mol. The van der Waals surface area contributed by atoms with Crippen molar-refractivity contribution in [3.63, 3.8) is 0 Å². The Morgan fingerprint density at radius 1 is 1.30 bits per heavy atom. The fraction of sp³-hybridized carbons (Fsp3) is 0.250. The molecule has 0 radical (unpaired) electrons. The molecule has 1 aliphatic carbocycles. The molecule has 102 valence electrons. The van der Waals surface area contributed by atoms with Crippen LogP contribution in [0, 0.1) is 5.92 Å². The number of carbonyl (C=O) groups is 1. The molecule has 2 unspecified atom stereocenters. The first-order valence-electron chi connectivity index (χ1n) is 6.67. The molecule has 0 saturated heterocycles. The van der Waals surface area contributed by atoms with Crippen molar-refractivity contribution in [1.82, 2.24) is 5.43 Å². The van der Waals surface area contributed by atoms with Crippen molar-refractivity contribution in [2.24, 2.45) is 11.0 Å². The summed E-state index contributed by atoms with van der Waals surface area (Å²) in [5, 5.41) is 4.19. The topological polar surface area (TPSA) is 54.6 Å². The van der Waals surface area contributed by atoms with Crippen LogP contribution in [0.25, 0.3) is 0 Å². The van der Waals surface area contributed by atoms with Gasteiger partial charge < -0.3 is 4.42 Å². The van der Waals surface area contributed by atoms with Crippen LogP contribution in [-0.4, -0.2) is 11.6 Å². The lowest BCUT2D eigenvalue weighted by Gasteiger charge is -2.01. The van der Waals surface area contributed by atoms with Crippen LogP contribution in [0.1, 0.15) is 35.2 Å². The normalized spacial score (nSPS) is 21.6. The number of furan rings is 1. The third kappa shape index (κ3) is 2.64. The maximum absolute atomic E-state index is 11.7. The van der Waals surface area contributed by atoms with E-state index < -0.39 is 0 Å². The highest BCUT2D eigenvalue weighted by molar-refractivity contribution is 5.95. The Morgan fingerprint density at radius 2 is 2.10 bits per heavy atom. The molecule has 2 aromatic rings. The predicted molar refractivity (Wildman–Crippen MR) is 76.6 cm³/mol. The SMILES string of the molecule is CC(=NNC(=O)c1ccoc1)C1CC1c1ccccc1. The Kier molecular flexibility index (Phi) is 3.37. The van der Waals surface area contributed by atoms with Crippen LogP contribution in [0.4, 0.5) is 0 Å². The Morgan fingerprint density at radius 3 is 2.80 bits per heavy atom. The second-order valence-corrected chi connectivity index (χ2v) is 5.07. The Labute approximate surface area is 117 Å². The number of hydrogen-bond acceptors (Lipinski definition) is 3. The van der Waals surface area contributed by atoms with Gasteiger partial charge in [0, 0.05) is 11.6 Å². The summed E-state index contributed by atoms with van der Waals surface area (Å²) in [4.78, 5) is 11.7. The minimum Gasteiger partial charge on any atom is -0.472 e. The summed E-state index contributed by atoms with van der Waals surface area (Å²) >= 11 is 0. The van der Waals surface area contributed by atoms with E-state index in [0.717, 1.165) is 12.1 Å². The minimum absolute atomic E-state index is 0.241. The van der Waals surface area contributed by atoms with E-state index in [9.17, 15) is 4.79 Å². The summed E-state index contributed by atoms with van der Waals surface area (Å²) < 4.78 is 4.87. The molecule has 1 heterocycles. The van der Waals surface area contributed by atoms with Crippen LogP contribution < -0.4 is 5.43 Å². The molecule has 2 atom stereocenters. The lowest BCUT2D eigenvalue weighted by Crippen LogP contribution is -2.19. The number of hydrazone groups is 1. The summed E-state index contributed by atoms with van der Waals surface area (Å²) in [7, 11) is 0. The van der Waals surface area contributed by atoms with E-state index in [-0.39, 0.29) is 5.91 Å². The van der Waals surface area contributed by atoms with Gasteiger partial charge in [0.25, 0.3) is 5.91 Å². The highest BCUT2D eigenvalue weighted by Crippen LogP contribution is 2.48. The molecule has 0 spiro atoms. The van der Waals surface area contributed by atoms with Gasteiger partial charge in [-0.3, -0.25) is 4.79 Å². The summed E-state index contributed by atoms with van der Waals surface area (Å²) in [6.07, 6.45) is 3.98. The number of nitrogens with one attached hydrogen (secondary N) is 1. The van der Waals surface area contributed by atoms with Crippen LogP contribution in [0.5, 0.6) is 0 Å². The first-order chi connectivity index (χ1) is 9.75. The zero-order chi connectivity index (χ0) is 13.9. The van der Waals surface area contributed by atoms with E-state index in [2.05, 4.69) is 34.8 Å². The van der Waals surface area contributed by atoms with E-state index in [0.29, 0.717) is 17.4 Å². The maximum atomic E-state index is 11.7. The number of benzene rings is 1. The van der Waals surface area contributed by atoms with Crippen LogP contribution in [0.2, 0.25) is 0 Å². The van der Waals surface area contributed by atoms with Gasteiger partial charge in [0.2, 0.25) is 0 Å². The first kappa shape index (κ1) is 12.7. The summed E-state index contributed by atoms with van der Waals surface area (Å²) in [6, 6.07) is 12.0. The number of amides is 1. The number of nitrogens with zero attached hydrogens (tertiary/aromatic N) is 1. The molecular weight excluding hydrogens is 252 g/mol. The van der Waals surface area contributed by atoms with Crippen molar-refractivity contribution >= 4 is 11.6 Å². The van der Waals surface area contributed by atoms with Gasteiger partial charge >= 0.3 is 0 Å². The van der Waals surface area contributed by atoms with Gasteiger partial charge in [-0.15, -0.1) is 0 Å². The molecule has 0 bridgehead atoms. The molecule has 4 nitrogen and oxygen atoms in total. The van der Waals surface area contributed by atoms with E-state index in [4.69, 9.17) is 4.42 Å². The summed E-state index contributed by atoms with van der Waals surface area (Å²) in [5.74, 6) is 0.725. The average Bonchev–Trinajstić information content (AvgIpc) is 3.10. The van der Waals surface area contributed by atoms with E-state index in [1.165, 1.54) is 18.1 Å². The quantitative estimate of drug-likeness (QED) is 0.684. The zero-order valence-electron chi connectivity index (χ0n) is 11.2. The van der Waals surface area contributed by atoms with E-state index in [1.807, 2.05) is 13.0 Å². The van der Waals surface area contributed by atoms with Crippen molar-refractivity contribution in [3.8, 4) is 0 Å². The molecule has 20 heavy (non-hydrogen) atoms. The molecular formula is C16H16N2O2. The Bertz CT molecular complexity index is 617. The molecule has 4 heteroatoms. The third-order valence-electron chi connectivity index (χ3n) is 3.67. The van der Waals surface area contributed by atoms with Gasteiger partial charge in [-0.25, -0.2) is 5.43 Å². The second kappa shape index (κ2) is 5.33. The fourth-order valence-corrected chi connectivity index (χ4v) is 2.41. The standard InChI is InChI=1S/C16H16N2O2/c1-11(17-18-16(19)13-7-8-20-10-13)14-9-15(14)12-5-3-2-4-6-12/h2-8,10,14-15H,9H2,1H3,(H,18,19). The Balaban J connectivity index is 1.59. The lowest BCUT2D eigenvalue weighted by atomic mass is 10.1. The Hall–Kier alpha value is -2.36. The fourth-order valence-electron chi connectivity index (χ4n) is 2.41. The zero-order valence-corrected chi connectivity index (χ0v) is 11.2. The molecule has 1 aliphatic rings. The van der Waals surface area contributed by atoms with Gasteiger partial charge in [-0.1, -0.05) is 30.3 Å². The number of hydrogen-bond donors (Lipinski definition) is 1. The monoisotopic (exact) mass is 268 g/mol. The molecule has 3 rings (SSSR count). The third-order valence-corrected chi connectivity index (χ3v) is 3.67. The van der Waals surface area contributed by atoms with Gasteiger partial charge in [-0.05, 0) is 30.9 Å². The molecule has 1 amide bonds. The van der Waals surface area contributed by atoms with Crippen molar-refractivity contribution < 1.29 is 9.21 Å². The molecule has 1 fully saturated rings. The molecule has 1 N–H and O–H groups in total. The first-order valence-corrected chi connectivity index (χ1v) is 6.67. The van der Waals surface area contributed by atoms with Crippen molar-refractivity contribution in [2.75, 3.05) is 0 Å². The second-order valence-electron chi connectivity index (χ2n) is 5.07. The van der Waals surface area contributed by atoms with E-state index in [1.54, 1.807) is 6.07 Å². The van der Waals surface area contributed by atoms with Gasteiger partial charge in [-0.2, -0.15) is 5.10 Å². The van der Waals surface area contributed by atoms with Crippen molar-refractivity contribution in [2.45, 2.75) is 19.3 Å². The highest BCUT2D eigenvalue weighted by atomic mass is 16.3. The number of carbonyl (C=O) groups excluding carboxylic acids is 1. The van der Waals surface area contributed by atoms with Gasteiger partial charge in [0.1, 0.15) is 6.26 Å². The lowest BCUT2D eigenvalue weighted by molar-refractivity contribution is 0.0954. The smallest absolute Gasteiger partial charge is 0.274 e. The highest BCUT2D eigenvalue weighted by Gasteiger charge is 2.40. The van der Waals surface area contributed by atoms with E-state index >= 15 is 0 Å². The largest absolute Gasteiger partial charge is 0.472 e. The van der Waals surface area contributed by atoms with Crippen LogP contribution in [-0.2, 0) is 0 Å². The van der Waals surface area contributed by atoms with Crippen LogP contribution in [0.3, 0.4) is 0 Å². The molecule has 1 saturated carbocycles. The van der Waals surface area contributed by atoms with Crippen molar-refractivity contribution in [1.29, 1.82) is 0 Å². The van der Waals surface area contributed by atoms with Gasteiger partial charge in [0.05, 0.1) is 11.8 Å². The molecule has 1 aromatic carbocycles. The van der Waals surface area contributed by atoms with Crippen LogP contribution in [0.15, 0.2) is 58.4 Å². The minimum atomic E-state index is -0.241. The molecule has 0 aliphatic heterocycles. The predicted octanol–water partition coefficient (Wildman–Crippen LogP) is 3.19. The van der Waals surface area contributed by atoms with Crippen molar-refractivity contribution in [3.05, 3.63) is 60.1 Å². The summed E-state index contributed by atoms with van der Waals surface area (Å²) in [5.41, 5.74) is 5.36. The molecule has 1 aromatic heterocycles. The van der Waals surface area contributed by atoms with Gasteiger partial charge in [0.15, 0.2) is 0 Å².